The maximum Gasteiger partial charge on any atom is 0.315 e. The summed E-state index contributed by atoms with van der Waals surface area (Å²) in [5.41, 5.74) is 0. The molecule has 0 aliphatic rings. The van der Waals surface area contributed by atoms with Gasteiger partial charge in [0.25, 0.3) is 5.91 Å². The van der Waals surface area contributed by atoms with Crippen LogP contribution in [-0.2, 0) is 9.59 Å². The summed E-state index contributed by atoms with van der Waals surface area (Å²) in [6, 6.07) is 0. The maximum absolute atomic E-state index is 11.7. The van der Waals surface area contributed by atoms with E-state index in [-0.39, 0.29) is 18.9 Å². The van der Waals surface area contributed by atoms with E-state index in [1.54, 1.807) is 4.90 Å². The van der Waals surface area contributed by atoms with Crippen molar-refractivity contribution in [3.63, 3.8) is 0 Å². The minimum absolute atomic E-state index is 0.0431. The Bertz CT molecular complexity index is 218. The largest absolute Gasteiger partial charge is 0.351 e. The number of rotatable bonds is 6. The van der Waals surface area contributed by atoms with Gasteiger partial charge in [-0.05, 0) is 13.8 Å². The second-order valence-electron chi connectivity index (χ2n) is 2.91. The van der Waals surface area contributed by atoms with Crippen LogP contribution in [0.2, 0.25) is 0 Å². The van der Waals surface area contributed by atoms with Crippen molar-refractivity contribution in [2.75, 3.05) is 19.6 Å². The second kappa shape index (κ2) is 7.14. The summed E-state index contributed by atoms with van der Waals surface area (Å²) in [6.45, 7) is 4.78. The summed E-state index contributed by atoms with van der Waals surface area (Å²) >= 11 is 0. The zero-order chi connectivity index (χ0) is 11.8. The van der Waals surface area contributed by atoms with Crippen LogP contribution in [0, 0.1) is 0 Å². The monoisotopic (exact) mass is 222 g/mol. The van der Waals surface area contributed by atoms with Crippen molar-refractivity contribution in [1.29, 1.82) is 0 Å². The third kappa shape index (κ3) is 5.29. The molecule has 0 aromatic carbocycles. The van der Waals surface area contributed by atoms with Crippen LogP contribution < -0.4 is 5.32 Å². The van der Waals surface area contributed by atoms with Gasteiger partial charge in [-0.3, -0.25) is 9.59 Å². The van der Waals surface area contributed by atoms with Gasteiger partial charge in [0, 0.05) is 26.1 Å². The molecule has 0 fully saturated rings. The van der Waals surface area contributed by atoms with E-state index in [0.29, 0.717) is 13.1 Å². The van der Waals surface area contributed by atoms with Crippen molar-refractivity contribution in [1.82, 2.24) is 10.2 Å². The Morgan fingerprint density at radius 3 is 2.20 bits per heavy atom. The van der Waals surface area contributed by atoms with Crippen molar-refractivity contribution in [2.24, 2.45) is 0 Å². The van der Waals surface area contributed by atoms with Gasteiger partial charge in [0.15, 0.2) is 0 Å². The Labute approximate surface area is 87.6 Å². The van der Waals surface area contributed by atoms with E-state index >= 15 is 0 Å². The predicted molar refractivity (Wildman–Crippen MR) is 51.6 cm³/mol. The van der Waals surface area contributed by atoms with E-state index in [1.807, 2.05) is 19.2 Å². The molecule has 0 unspecified atom stereocenters. The van der Waals surface area contributed by atoms with Gasteiger partial charge in [0.2, 0.25) is 5.91 Å². The molecule has 4 nitrogen and oxygen atoms in total. The molecule has 0 aromatic heterocycles. The number of amides is 2. The summed E-state index contributed by atoms with van der Waals surface area (Å²) in [6.07, 6.45) is -2.96. The second-order valence-corrected chi connectivity index (χ2v) is 2.91. The zero-order valence-electron chi connectivity index (χ0n) is 8.93. The summed E-state index contributed by atoms with van der Waals surface area (Å²) in [4.78, 5) is 23.4. The van der Waals surface area contributed by atoms with Gasteiger partial charge in [-0.1, -0.05) is 0 Å². The molecule has 0 aromatic rings. The minimum Gasteiger partial charge on any atom is -0.351 e. The highest BCUT2D eigenvalue weighted by atomic mass is 19.3. The molecule has 0 spiro atoms. The average Bonchev–Trinajstić information content (AvgIpc) is 2.19. The molecule has 0 rings (SSSR count). The van der Waals surface area contributed by atoms with Gasteiger partial charge in [-0.15, -0.1) is 0 Å². The molecule has 0 saturated carbocycles. The Hall–Kier alpha value is -1.20. The molecule has 0 aliphatic heterocycles. The fraction of sp³-hybridized carbons (Fsp3) is 0.778. The molecule has 0 bridgehead atoms. The van der Waals surface area contributed by atoms with Crippen LogP contribution in [0.5, 0.6) is 0 Å². The van der Waals surface area contributed by atoms with Crippen LogP contribution in [0.1, 0.15) is 20.3 Å². The van der Waals surface area contributed by atoms with Gasteiger partial charge >= 0.3 is 6.43 Å². The van der Waals surface area contributed by atoms with Crippen LogP contribution >= 0.6 is 0 Å². The lowest BCUT2D eigenvalue weighted by Gasteiger charge is -2.18. The third-order valence-electron chi connectivity index (χ3n) is 1.95. The van der Waals surface area contributed by atoms with Crippen LogP contribution in [0.25, 0.3) is 0 Å². The number of alkyl halides is 2. The Morgan fingerprint density at radius 2 is 1.80 bits per heavy atom. The molecule has 15 heavy (non-hydrogen) atoms. The number of carbonyl (C=O) groups excluding carboxylic acids is 2. The molecular weight excluding hydrogens is 206 g/mol. The van der Waals surface area contributed by atoms with E-state index in [0.717, 1.165) is 0 Å². The molecule has 0 aliphatic carbocycles. The molecule has 0 radical (unpaired) electrons. The summed E-state index contributed by atoms with van der Waals surface area (Å²) in [7, 11) is 0. The van der Waals surface area contributed by atoms with Crippen LogP contribution in [0.3, 0.4) is 0 Å². The molecular formula is C9H16F2N2O2. The number of nitrogens with zero attached hydrogens (tertiary/aromatic N) is 1. The first kappa shape index (κ1) is 13.8. The highest BCUT2D eigenvalue weighted by molar-refractivity contribution is 5.80. The first-order valence-electron chi connectivity index (χ1n) is 4.86. The molecule has 0 saturated heterocycles. The van der Waals surface area contributed by atoms with E-state index in [9.17, 15) is 18.4 Å². The molecule has 2 amide bonds. The number of halogens is 2. The Kier molecular flexibility index (Phi) is 6.57. The molecule has 6 heteroatoms. The van der Waals surface area contributed by atoms with E-state index < -0.39 is 12.3 Å². The van der Waals surface area contributed by atoms with Crippen molar-refractivity contribution >= 4 is 11.8 Å². The van der Waals surface area contributed by atoms with Crippen LogP contribution in [-0.4, -0.2) is 42.8 Å². The molecule has 1 N–H and O–H groups in total. The number of carbonyl (C=O) groups is 2. The average molecular weight is 222 g/mol. The van der Waals surface area contributed by atoms with Crippen molar-refractivity contribution < 1.29 is 18.4 Å². The highest BCUT2D eigenvalue weighted by Crippen LogP contribution is 1.94. The van der Waals surface area contributed by atoms with E-state index in [4.69, 9.17) is 0 Å². The van der Waals surface area contributed by atoms with Crippen molar-refractivity contribution in [2.45, 2.75) is 26.7 Å². The van der Waals surface area contributed by atoms with E-state index in [2.05, 4.69) is 0 Å². The fourth-order valence-corrected chi connectivity index (χ4v) is 1.10. The van der Waals surface area contributed by atoms with E-state index in [1.165, 1.54) is 0 Å². The first-order valence-corrected chi connectivity index (χ1v) is 4.86. The normalized spacial score (nSPS) is 10.2. The van der Waals surface area contributed by atoms with Crippen molar-refractivity contribution in [3.05, 3.63) is 0 Å². The Balaban J connectivity index is 3.76. The minimum atomic E-state index is -3.02. The molecule has 0 atom stereocenters. The van der Waals surface area contributed by atoms with Crippen LogP contribution in [0.15, 0.2) is 0 Å². The van der Waals surface area contributed by atoms with Gasteiger partial charge < -0.3 is 10.2 Å². The summed E-state index contributed by atoms with van der Waals surface area (Å²) < 4.78 is 23.5. The maximum atomic E-state index is 11.7. The zero-order valence-corrected chi connectivity index (χ0v) is 8.93. The number of hydrogen-bond donors (Lipinski definition) is 1. The fourth-order valence-electron chi connectivity index (χ4n) is 1.10. The topological polar surface area (TPSA) is 49.4 Å². The SMILES string of the molecule is CCN(CC)C(=O)CCNC(=O)C(F)F. The summed E-state index contributed by atoms with van der Waals surface area (Å²) in [5, 5.41) is 1.98. The van der Waals surface area contributed by atoms with Gasteiger partial charge in [-0.25, -0.2) is 0 Å². The Morgan fingerprint density at radius 1 is 1.27 bits per heavy atom. The first-order chi connectivity index (χ1) is 7.02. The van der Waals surface area contributed by atoms with Crippen molar-refractivity contribution in [3.8, 4) is 0 Å². The molecule has 88 valence electrons. The molecule has 0 heterocycles. The predicted octanol–water partition coefficient (Wildman–Crippen LogP) is 0.626. The summed E-state index contributed by atoms with van der Waals surface area (Å²) in [5.74, 6) is -1.48. The quantitative estimate of drug-likeness (QED) is 0.716. The standard InChI is InChI=1S/C9H16F2N2O2/c1-3-13(4-2)7(14)5-6-12-9(15)8(10)11/h8H,3-6H2,1-2H3,(H,12,15). The number of hydrogen-bond acceptors (Lipinski definition) is 2. The third-order valence-corrected chi connectivity index (χ3v) is 1.95. The highest BCUT2D eigenvalue weighted by Gasteiger charge is 2.15. The van der Waals surface area contributed by atoms with Crippen LogP contribution in [0.4, 0.5) is 8.78 Å². The van der Waals surface area contributed by atoms with Gasteiger partial charge in [-0.2, -0.15) is 8.78 Å². The smallest absolute Gasteiger partial charge is 0.315 e. The lowest BCUT2D eigenvalue weighted by atomic mass is 10.3. The lowest BCUT2D eigenvalue weighted by Crippen LogP contribution is -2.36. The van der Waals surface area contributed by atoms with Gasteiger partial charge in [0.1, 0.15) is 0 Å². The lowest BCUT2D eigenvalue weighted by molar-refractivity contribution is -0.133. The van der Waals surface area contributed by atoms with Gasteiger partial charge in [0.05, 0.1) is 0 Å². The number of nitrogens with one attached hydrogen (secondary N) is 1.